The number of fused-ring (bicyclic) bond motifs is 1. The maximum Gasteiger partial charge on any atom is 0.228 e. The van der Waals surface area contributed by atoms with Crippen LogP contribution in [0.25, 0.3) is 16.8 Å². The molecule has 1 saturated carbocycles. The molecule has 1 aliphatic carbocycles. The van der Waals surface area contributed by atoms with Gasteiger partial charge in [0, 0.05) is 12.1 Å². The van der Waals surface area contributed by atoms with Gasteiger partial charge in [-0.2, -0.15) is 0 Å². The quantitative estimate of drug-likeness (QED) is 0.788. The lowest BCUT2D eigenvalue weighted by atomic mass is 9.98. The predicted molar refractivity (Wildman–Crippen MR) is 91.4 cm³/mol. The van der Waals surface area contributed by atoms with E-state index in [0.29, 0.717) is 11.4 Å². The van der Waals surface area contributed by atoms with Crippen LogP contribution in [-0.4, -0.2) is 15.3 Å². The minimum absolute atomic E-state index is 0.0450. The van der Waals surface area contributed by atoms with Crippen molar-refractivity contribution in [2.24, 2.45) is 5.92 Å². The SMILES string of the molecule is Cc1c(F)ccc(-c2ccc3nc(NC(=O)C4CC4)cn3c2)c1C. The summed E-state index contributed by atoms with van der Waals surface area (Å²) < 4.78 is 15.6. The molecule has 0 saturated heterocycles. The number of nitrogens with zero attached hydrogens (tertiary/aromatic N) is 2. The zero-order valence-corrected chi connectivity index (χ0v) is 13.6. The third-order valence-electron chi connectivity index (χ3n) is 4.68. The first-order valence-electron chi connectivity index (χ1n) is 8.08. The molecule has 1 aromatic carbocycles. The van der Waals surface area contributed by atoms with Crippen LogP contribution in [-0.2, 0) is 4.79 Å². The second-order valence-electron chi connectivity index (χ2n) is 6.42. The molecule has 4 rings (SSSR count). The standard InChI is InChI=1S/C19H18FN3O/c1-11-12(2)16(20)7-6-15(11)14-5-8-18-21-17(10-23(18)9-14)22-19(24)13-3-4-13/h5-10,13H,3-4H2,1-2H3,(H,22,24). The third-order valence-corrected chi connectivity index (χ3v) is 4.68. The molecule has 24 heavy (non-hydrogen) atoms. The lowest BCUT2D eigenvalue weighted by Crippen LogP contribution is -2.13. The summed E-state index contributed by atoms with van der Waals surface area (Å²) in [6, 6.07) is 7.16. The number of benzene rings is 1. The van der Waals surface area contributed by atoms with E-state index in [1.54, 1.807) is 13.0 Å². The molecule has 1 amide bonds. The molecule has 1 aliphatic rings. The Morgan fingerprint density at radius 1 is 1.17 bits per heavy atom. The molecular weight excluding hydrogens is 305 g/mol. The molecule has 0 spiro atoms. The minimum Gasteiger partial charge on any atom is -0.309 e. The summed E-state index contributed by atoms with van der Waals surface area (Å²) in [4.78, 5) is 16.3. The normalized spacial score (nSPS) is 14.1. The Labute approximate surface area is 139 Å². The molecule has 3 aromatic rings. The number of pyridine rings is 1. The Hall–Kier alpha value is -2.69. The number of anilines is 1. The molecule has 122 valence electrons. The van der Waals surface area contributed by atoms with E-state index in [0.717, 1.165) is 35.2 Å². The van der Waals surface area contributed by atoms with E-state index in [1.807, 2.05) is 35.9 Å². The summed E-state index contributed by atoms with van der Waals surface area (Å²) >= 11 is 0. The van der Waals surface area contributed by atoms with Gasteiger partial charge in [0.1, 0.15) is 11.5 Å². The van der Waals surface area contributed by atoms with E-state index < -0.39 is 0 Å². The zero-order valence-electron chi connectivity index (χ0n) is 13.6. The van der Waals surface area contributed by atoms with Crippen molar-refractivity contribution in [1.29, 1.82) is 0 Å². The molecule has 2 aromatic heterocycles. The summed E-state index contributed by atoms with van der Waals surface area (Å²) in [5, 5.41) is 2.86. The number of amides is 1. The maximum absolute atomic E-state index is 13.7. The Morgan fingerprint density at radius 2 is 1.96 bits per heavy atom. The average Bonchev–Trinajstić information content (AvgIpc) is 3.33. The van der Waals surface area contributed by atoms with Crippen LogP contribution < -0.4 is 5.32 Å². The van der Waals surface area contributed by atoms with E-state index in [1.165, 1.54) is 6.07 Å². The van der Waals surface area contributed by atoms with Gasteiger partial charge < -0.3 is 9.72 Å². The van der Waals surface area contributed by atoms with Crippen molar-refractivity contribution in [2.75, 3.05) is 5.32 Å². The van der Waals surface area contributed by atoms with E-state index in [-0.39, 0.29) is 17.6 Å². The minimum atomic E-state index is -0.190. The van der Waals surface area contributed by atoms with Crippen molar-refractivity contribution in [3.8, 4) is 11.1 Å². The van der Waals surface area contributed by atoms with Crippen LogP contribution >= 0.6 is 0 Å². The van der Waals surface area contributed by atoms with Gasteiger partial charge in [0.2, 0.25) is 5.91 Å². The lowest BCUT2D eigenvalue weighted by Gasteiger charge is -2.10. The molecule has 0 radical (unpaired) electrons. The number of aromatic nitrogens is 2. The number of imidazole rings is 1. The van der Waals surface area contributed by atoms with Gasteiger partial charge in [0.15, 0.2) is 5.82 Å². The summed E-state index contributed by atoms with van der Waals surface area (Å²) in [6.07, 6.45) is 5.69. The molecule has 1 fully saturated rings. The van der Waals surface area contributed by atoms with Gasteiger partial charge in [-0.1, -0.05) is 6.07 Å². The van der Waals surface area contributed by atoms with Crippen molar-refractivity contribution in [3.05, 3.63) is 53.6 Å². The Kier molecular flexibility index (Phi) is 3.37. The molecule has 0 bridgehead atoms. The molecule has 4 nitrogen and oxygen atoms in total. The lowest BCUT2D eigenvalue weighted by molar-refractivity contribution is -0.117. The van der Waals surface area contributed by atoms with Crippen LogP contribution in [0.15, 0.2) is 36.7 Å². The molecule has 0 atom stereocenters. The molecular formula is C19H18FN3O. The maximum atomic E-state index is 13.7. The first-order chi connectivity index (χ1) is 11.5. The highest BCUT2D eigenvalue weighted by Gasteiger charge is 2.30. The predicted octanol–water partition coefficient (Wildman–Crippen LogP) is 4.11. The second kappa shape index (κ2) is 5.44. The highest BCUT2D eigenvalue weighted by molar-refractivity contribution is 5.93. The largest absolute Gasteiger partial charge is 0.309 e. The summed E-state index contributed by atoms with van der Waals surface area (Å²) in [5.74, 6) is 0.569. The topological polar surface area (TPSA) is 46.4 Å². The van der Waals surface area contributed by atoms with Crippen molar-refractivity contribution in [2.45, 2.75) is 26.7 Å². The number of carbonyl (C=O) groups is 1. The van der Waals surface area contributed by atoms with Gasteiger partial charge in [-0.05, 0) is 67.1 Å². The van der Waals surface area contributed by atoms with Gasteiger partial charge in [-0.3, -0.25) is 4.79 Å². The zero-order chi connectivity index (χ0) is 16.8. The van der Waals surface area contributed by atoms with Crippen molar-refractivity contribution >= 4 is 17.4 Å². The molecule has 1 N–H and O–H groups in total. The average molecular weight is 323 g/mol. The first-order valence-corrected chi connectivity index (χ1v) is 8.08. The summed E-state index contributed by atoms with van der Waals surface area (Å²) in [7, 11) is 0. The van der Waals surface area contributed by atoms with E-state index >= 15 is 0 Å². The second-order valence-corrected chi connectivity index (χ2v) is 6.42. The number of carbonyl (C=O) groups excluding carboxylic acids is 1. The number of hydrogen-bond acceptors (Lipinski definition) is 2. The Bertz CT molecular complexity index is 957. The number of halogens is 1. The first kappa shape index (κ1) is 14.9. The molecule has 0 aliphatic heterocycles. The van der Waals surface area contributed by atoms with E-state index in [9.17, 15) is 9.18 Å². The van der Waals surface area contributed by atoms with Crippen LogP contribution in [0.5, 0.6) is 0 Å². The van der Waals surface area contributed by atoms with Gasteiger partial charge in [0.05, 0.1) is 6.20 Å². The van der Waals surface area contributed by atoms with Crippen LogP contribution in [0.3, 0.4) is 0 Å². The summed E-state index contributed by atoms with van der Waals surface area (Å²) in [5.41, 5.74) is 4.34. The van der Waals surface area contributed by atoms with Crippen LogP contribution in [0, 0.1) is 25.6 Å². The fraction of sp³-hybridized carbons (Fsp3) is 0.263. The van der Waals surface area contributed by atoms with E-state index in [2.05, 4.69) is 10.3 Å². The fourth-order valence-corrected chi connectivity index (χ4v) is 2.89. The van der Waals surface area contributed by atoms with E-state index in [4.69, 9.17) is 0 Å². The van der Waals surface area contributed by atoms with Crippen molar-refractivity contribution in [3.63, 3.8) is 0 Å². The monoisotopic (exact) mass is 323 g/mol. The Morgan fingerprint density at radius 3 is 2.71 bits per heavy atom. The highest BCUT2D eigenvalue weighted by Crippen LogP contribution is 2.30. The highest BCUT2D eigenvalue weighted by atomic mass is 19.1. The van der Waals surface area contributed by atoms with Crippen LogP contribution in [0.1, 0.15) is 24.0 Å². The molecule has 2 heterocycles. The molecule has 0 unspecified atom stereocenters. The van der Waals surface area contributed by atoms with Gasteiger partial charge in [-0.25, -0.2) is 9.37 Å². The van der Waals surface area contributed by atoms with Crippen LogP contribution in [0.4, 0.5) is 10.2 Å². The van der Waals surface area contributed by atoms with Crippen LogP contribution in [0.2, 0.25) is 0 Å². The Balaban J connectivity index is 1.70. The number of rotatable bonds is 3. The number of nitrogens with one attached hydrogen (secondary N) is 1. The van der Waals surface area contributed by atoms with Gasteiger partial charge >= 0.3 is 0 Å². The van der Waals surface area contributed by atoms with Crippen molar-refractivity contribution < 1.29 is 9.18 Å². The molecule has 5 heteroatoms. The fourth-order valence-electron chi connectivity index (χ4n) is 2.89. The smallest absolute Gasteiger partial charge is 0.228 e. The third kappa shape index (κ3) is 2.56. The van der Waals surface area contributed by atoms with Gasteiger partial charge in [0.25, 0.3) is 0 Å². The number of hydrogen-bond donors (Lipinski definition) is 1. The summed E-state index contributed by atoms with van der Waals surface area (Å²) in [6.45, 7) is 3.71. The van der Waals surface area contributed by atoms with Crippen molar-refractivity contribution in [1.82, 2.24) is 9.38 Å². The van der Waals surface area contributed by atoms with Gasteiger partial charge in [-0.15, -0.1) is 0 Å².